The number of para-hydroxylation sites is 1. The van der Waals surface area contributed by atoms with Crippen LogP contribution < -0.4 is 10.6 Å². The summed E-state index contributed by atoms with van der Waals surface area (Å²) in [5.41, 5.74) is 2.04. The molecule has 1 amide bonds. The SMILES string of the molecule is CCNC(=NCc1oc2ccccc2c1C)NC1CCC(=O)N(C)C1.I. The first-order valence-electron chi connectivity index (χ1n) is 8.84. The molecule has 1 fully saturated rings. The summed E-state index contributed by atoms with van der Waals surface area (Å²) in [6, 6.07) is 8.26. The highest BCUT2D eigenvalue weighted by atomic mass is 127. The Morgan fingerprint density at radius 3 is 2.85 bits per heavy atom. The Morgan fingerprint density at radius 1 is 1.38 bits per heavy atom. The van der Waals surface area contributed by atoms with Crippen molar-refractivity contribution in [3.05, 3.63) is 35.6 Å². The molecule has 2 heterocycles. The third-order valence-electron chi connectivity index (χ3n) is 4.63. The number of likely N-dealkylation sites (N-methyl/N-ethyl adjacent to an activating group) is 1. The lowest BCUT2D eigenvalue weighted by Crippen LogP contribution is -2.51. The van der Waals surface area contributed by atoms with Crippen LogP contribution in [0, 0.1) is 6.92 Å². The number of hydrogen-bond acceptors (Lipinski definition) is 3. The fraction of sp³-hybridized carbons (Fsp3) is 0.474. The molecular weight excluding hydrogens is 443 g/mol. The number of guanidine groups is 1. The van der Waals surface area contributed by atoms with E-state index in [1.807, 2.05) is 32.2 Å². The zero-order valence-corrected chi connectivity index (χ0v) is 17.9. The standard InChI is InChI=1S/C19H26N4O2.HI/c1-4-20-19(22-14-9-10-18(24)23(3)12-14)21-11-17-13(2)15-7-5-6-8-16(15)25-17;/h5-8,14H,4,9-12H2,1-3H3,(H2,20,21,22);1H. The summed E-state index contributed by atoms with van der Waals surface area (Å²) in [4.78, 5) is 18.1. The number of halogens is 1. The molecular formula is C19H27IN4O2. The minimum atomic E-state index is 0. The molecule has 2 aromatic rings. The van der Waals surface area contributed by atoms with E-state index in [0.717, 1.165) is 41.2 Å². The van der Waals surface area contributed by atoms with Crippen molar-refractivity contribution in [2.75, 3.05) is 20.1 Å². The number of hydrogen-bond donors (Lipinski definition) is 2. The zero-order valence-electron chi connectivity index (χ0n) is 15.5. The average molecular weight is 470 g/mol. The Hall–Kier alpha value is -1.77. The molecule has 0 radical (unpaired) electrons. The third-order valence-corrected chi connectivity index (χ3v) is 4.63. The van der Waals surface area contributed by atoms with Gasteiger partial charge in [-0.25, -0.2) is 4.99 Å². The number of likely N-dealkylation sites (tertiary alicyclic amines) is 1. The predicted molar refractivity (Wildman–Crippen MR) is 115 cm³/mol. The third kappa shape index (κ3) is 4.69. The van der Waals surface area contributed by atoms with E-state index in [0.29, 0.717) is 19.5 Å². The van der Waals surface area contributed by atoms with Gasteiger partial charge in [0.1, 0.15) is 17.9 Å². The van der Waals surface area contributed by atoms with Crippen LogP contribution in [0.2, 0.25) is 0 Å². The highest BCUT2D eigenvalue weighted by molar-refractivity contribution is 14.0. The van der Waals surface area contributed by atoms with Gasteiger partial charge in [0.25, 0.3) is 0 Å². The summed E-state index contributed by atoms with van der Waals surface area (Å²) in [5, 5.41) is 7.84. The van der Waals surface area contributed by atoms with E-state index in [9.17, 15) is 4.79 Å². The molecule has 0 spiro atoms. The van der Waals surface area contributed by atoms with Gasteiger partial charge in [0, 0.05) is 43.5 Å². The summed E-state index contributed by atoms with van der Waals surface area (Å²) in [5.74, 6) is 1.85. The van der Waals surface area contributed by atoms with Crippen molar-refractivity contribution in [3.8, 4) is 0 Å². The molecule has 3 rings (SSSR count). The minimum absolute atomic E-state index is 0. The number of carbonyl (C=O) groups is 1. The van der Waals surface area contributed by atoms with Crippen LogP contribution in [0.1, 0.15) is 31.1 Å². The van der Waals surface area contributed by atoms with E-state index in [1.54, 1.807) is 4.90 Å². The molecule has 1 saturated heterocycles. The number of fused-ring (bicyclic) bond motifs is 1. The summed E-state index contributed by atoms with van der Waals surface area (Å²) in [6.07, 6.45) is 1.41. The molecule has 1 unspecified atom stereocenters. The number of amides is 1. The number of furan rings is 1. The summed E-state index contributed by atoms with van der Waals surface area (Å²) < 4.78 is 5.93. The molecule has 6 nitrogen and oxygen atoms in total. The van der Waals surface area contributed by atoms with Crippen LogP contribution >= 0.6 is 24.0 Å². The van der Waals surface area contributed by atoms with Crippen molar-refractivity contribution in [2.45, 2.75) is 39.3 Å². The van der Waals surface area contributed by atoms with Gasteiger partial charge < -0.3 is 20.0 Å². The van der Waals surface area contributed by atoms with Gasteiger partial charge in [0.2, 0.25) is 5.91 Å². The van der Waals surface area contributed by atoms with Crippen LogP contribution in [-0.4, -0.2) is 42.9 Å². The molecule has 1 aromatic carbocycles. The largest absolute Gasteiger partial charge is 0.459 e. The molecule has 1 aromatic heterocycles. The molecule has 26 heavy (non-hydrogen) atoms. The number of benzene rings is 1. The molecule has 1 atom stereocenters. The quantitative estimate of drug-likeness (QED) is 0.410. The van der Waals surface area contributed by atoms with Crippen LogP contribution in [0.4, 0.5) is 0 Å². The second-order valence-electron chi connectivity index (χ2n) is 6.50. The van der Waals surface area contributed by atoms with Gasteiger partial charge in [-0.05, 0) is 26.3 Å². The Balaban J connectivity index is 0.00000243. The van der Waals surface area contributed by atoms with Crippen LogP contribution in [0.5, 0.6) is 0 Å². The second-order valence-corrected chi connectivity index (χ2v) is 6.50. The summed E-state index contributed by atoms with van der Waals surface area (Å²) in [7, 11) is 1.85. The molecule has 1 aliphatic heterocycles. The number of nitrogens with one attached hydrogen (secondary N) is 2. The first kappa shape index (κ1) is 20.5. The number of aliphatic imine (C=N–C) groups is 1. The maximum Gasteiger partial charge on any atom is 0.222 e. The van der Waals surface area contributed by atoms with E-state index in [4.69, 9.17) is 4.42 Å². The Kier molecular flexibility index (Phi) is 7.31. The number of carbonyl (C=O) groups excluding carboxylic acids is 1. The van der Waals surface area contributed by atoms with Gasteiger partial charge in [-0.3, -0.25) is 4.79 Å². The number of aryl methyl sites for hydroxylation is 1. The Labute approximate surface area is 171 Å². The van der Waals surface area contributed by atoms with E-state index in [2.05, 4.69) is 28.6 Å². The maximum atomic E-state index is 11.6. The first-order chi connectivity index (χ1) is 12.1. The monoisotopic (exact) mass is 470 g/mol. The van der Waals surface area contributed by atoms with Crippen molar-refractivity contribution in [3.63, 3.8) is 0 Å². The van der Waals surface area contributed by atoms with Crippen LogP contribution in [0.15, 0.2) is 33.7 Å². The second kappa shape index (κ2) is 9.25. The Morgan fingerprint density at radius 2 is 2.15 bits per heavy atom. The lowest BCUT2D eigenvalue weighted by molar-refractivity contribution is -0.132. The lowest BCUT2D eigenvalue weighted by atomic mass is 10.1. The molecule has 2 N–H and O–H groups in total. The van der Waals surface area contributed by atoms with Crippen molar-refractivity contribution in [2.24, 2.45) is 4.99 Å². The number of rotatable bonds is 4. The predicted octanol–water partition coefficient (Wildman–Crippen LogP) is 3.04. The topological polar surface area (TPSA) is 69.9 Å². The highest BCUT2D eigenvalue weighted by Gasteiger charge is 2.23. The van der Waals surface area contributed by atoms with Crippen molar-refractivity contribution < 1.29 is 9.21 Å². The van der Waals surface area contributed by atoms with Gasteiger partial charge in [-0.1, -0.05) is 18.2 Å². The van der Waals surface area contributed by atoms with E-state index in [-0.39, 0.29) is 35.9 Å². The molecule has 7 heteroatoms. The first-order valence-corrected chi connectivity index (χ1v) is 8.84. The number of nitrogens with zero attached hydrogens (tertiary/aromatic N) is 2. The van der Waals surface area contributed by atoms with Crippen molar-refractivity contribution in [1.82, 2.24) is 15.5 Å². The molecule has 0 saturated carbocycles. The van der Waals surface area contributed by atoms with Crippen molar-refractivity contribution in [1.29, 1.82) is 0 Å². The molecule has 0 aliphatic carbocycles. The molecule has 1 aliphatic rings. The van der Waals surface area contributed by atoms with Gasteiger partial charge >= 0.3 is 0 Å². The summed E-state index contributed by atoms with van der Waals surface area (Å²) >= 11 is 0. The van der Waals surface area contributed by atoms with Gasteiger partial charge in [-0.15, -0.1) is 24.0 Å². The zero-order chi connectivity index (χ0) is 17.8. The Bertz CT molecular complexity index is 787. The van der Waals surface area contributed by atoms with Gasteiger partial charge in [0.05, 0.1) is 0 Å². The normalized spacial score (nSPS) is 18.0. The molecule has 142 valence electrons. The van der Waals surface area contributed by atoms with Gasteiger partial charge in [0.15, 0.2) is 5.96 Å². The highest BCUT2D eigenvalue weighted by Crippen LogP contribution is 2.25. The summed E-state index contributed by atoms with van der Waals surface area (Å²) in [6.45, 7) is 6.08. The number of piperidine rings is 1. The fourth-order valence-electron chi connectivity index (χ4n) is 3.17. The van der Waals surface area contributed by atoms with E-state index < -0.39 is 0 Å². The average Bonchev–Trinajstić information content (AvgIpc) is 2.93. The van der Waals surface area contributed by atoms with E-state index >= 15 is 0 Å². The lowest BCUT2D eigenvalue weighted by Gasteiger charge is -2.31. The van der Waals surface area contributed by atoms with E-state index in [1.165, 1.54) is 0 Å². The van der Waals surface area contributed by atoms with Crippen molar-refractivity contribution >= 4 is 46.8 Å². The van der Waals surface area contributed by atoms with Crippen LogP contribution in [0.25, 0.3) is 11.0 Å². The minimum Gasteiger partial charge on any atom is -0.459 e. The smallest absolute Gasteiger partial charge is 0.222 e. The maximum absolute atomic E-state index is 11.6. The molecule has 0 bridgehead atoms. The van der Waals surface area contributed by atoms with Gasteiger partial charge in [-0.2, -0.15) is 0 Å². The van der Waals surface area contributed by atoms with Crippen LogP contribution in [-0.2, 0) is 11.3 Å². The van der Waals surface area contributed by atoms with Crippen LogP contribution in [0.3, 0.4) is 0 Å². The fourth-order valence-corrected chi connectivity index (χ4v) is 3.17.